The summed E-state index contributed by atoms with van der Waals surface area (Å²) in [4.78, 5) is 72.4. The molecule has 0 spiro atoms. The first-order valence-corrected chi connectivity index (χ1v) is 38.2. The molecule has 0 rings (SSSR count). The summed E-state index contributed by atoms with van der Waals surface area (Å²) >= 11 is 0. The number of aliphatic hydroxyl groups is 1. The summed E-state index contributed by atoms with van der Waals surface area (Å²) in [5.41, 5.74) is 0. The van der Waals surface area contributed by atoms with E-state index in [2.05, 4.69) is 72.8 Å². The minimum atomic E-state index is -4.96. The smallest absolute Gasteiger partial charge is 0.462 e. The predicted molar refractivity (Wildman–Crippen MR) is 354 cm³/mol. The molecule has 0 saturated heterocycles. The summed E-state index contributed by atoms with van der Waals surface area (Å²) in [6, 6.07) is 0. The average Bonchev–Trinajstić information content (AvgIpc) is 3.58. The first kappa shape index (κ1) is 85.5. The third-order valence-electron chi connectivity index (χ3n) is 16.0. The van der Waals surface area contributed by atoms with Gasteiger partial charge in [-0.05, 0) is 69.1 Å². The summed E-state index contributed by atoms with van der Waals surface area (Å²) in [7, 11) is -9.91. The molecule has 0 radical (unpaired) electrons. The number of aliphatic hydroxyl groups excluding tert-OH is 1. The van der Waals surface area contributed by atoms with Crippen molar-refractivity contribution >= 4 is 39.5 Å². The first-order chi connectivity index (χ1) is 42.3. The molecular formula is C69H130O17P2. The molecule has 0 fully saturated rings. The predicted octanol–water partition coefficient (Wildman–Crippen LogP) is 19.0. The van der Waals surface area contributed by atoms with Crippen LogP contribution in [0.5, 0.6) is 0 Å². The number of phosphoric acid groups is 2. The van der Waals surface area contributed by atoms with Crippen LogP contribution in [0.3, 0.4) is 0 Å². The molecule has 7 atom stereocenters. The average molecular weight is 1290 g/mol. The van der Waals surface area contributed by atoms with Gasteiger partial charge in [-0.1, -0.05) is 265 Å². The highest BCUT2D eigenvalue weighted by Gasteiger charge is 2.30. The molecule has 0 aliphatic carbocycles. The monoisotopic (exact) mass is 1290 g/mol. The second-order valence-corrected chi connectivity index (χ2v) is 28.1. The van der Waals surface area contributed by atoms with Gasteiger partial charge in [0.1, 0.15) is 19.3 Å². The highest BCUT2D eigenvalue weighted by atomic mass is 31.2. The molecule has 0 aromatic rings. The van der Waals surface area contributed by atoms with Gasteiger partial charge >= 0.3 is 39.5 Å². The summed E-state index contributed by atoms with van der Waals surface area (Å²) in [6.45, 7) is 11.7. The fraction of sp³-hybridized carbons (Fsp3) is 0.884. The molecule has 0 saturated carbocycles. The van der Waals surface area contributed by atoms with Crippen LogP contribution in [-0.4, -0.2) is 96.7 Å². The van der Waals surface area contributed by atoms with E-state index in [0.717, 1.165) is 127 Å². The third-order valence-corrected chi connectivity index (χ3v) is 17.9. The topological polar surface area (TPSA) is 237 Å². The molecule has 0 aromatic carbocycles. The molecule has 0 aliphatic rings. The van der Waals surface area contributed by atoms with Crippen molar-refractivity contribution in [3.05, 3.63) is 24.3 Å². The molecule has 4 unspecified atom stereocenters. The fourth-order valence-corrected chi connectivity index (χ4v) is 11.3. The lowest BCUT2D eigenvalue weighted by Crippen LogP contribution is -2.30. The lowest BCUT2D eigenvalue weighted by atomic mass is 9.99. The van der Waals surface area contributed by atoms with E-state index in [-0.39, 0.29) is 25.7 Å². The fourth-order valence-electron chi connectivity index (χ4n) is 9.76. The molecule has 3 N–H and O–H groups in total. The van der Waals surface area contributed by atoms with Gasteiger partial charge in [0.25, 0.3) is 0 Å². The second-order valence-electron chi connectivity index (χ2n) is 25.2. The number of phosphoric ester groups is 2. The van der Waals surface area contributed by atoms with Gasteiger partial charge in [-0.15, -0.1) is 0 Å². The highest BCUT2D eigenvalue weighted by Crippen LogP contribution is 2.45. The Morgan fingerprint density at radius 2 is 0.670 bits per heavy atom. The van der Waals surface area contributed by atoms with Crippen molar-refractivity contribution in [1.82, 2.24) is 0 Å². The number of hydrogen-bond acceptors (Lipinski definition) is 15. The third kappa shape index (κ3) is 59.8. The molecule has 0 bridgehead atoms. The Morgan fingerprint density at radius 1 is 0.375 bits per heavy atom. The maximum Gasteiger partial charge on any atom is 0.472 e. The minimum Gasteiger partial charge on any atom is -0.462 e. The molecular weight excluding hydrogens is 1160 g/mol. The van der Waals surface area contributed by atoms with E-state index in [0.29, 0.717) is 31.6 Å². The molecule has 0 amide bonds. The van der Waals surface area contributed by atoms with Crippen LogP contribution in [0.4, 0.5) is 0 Å². The van der Waals surface area contributed by atoms with E-state index < -0.39 is 97.5 Å². The molecule has 518 valence electrons. The number of esters is 4. The van der Waals surface area contributed by atoms with Gasteiger partial charge in [0.2, 0.25) is 0 Å². The lowest BCUT2D eigenvalue weighted by Gasteiger charge is -2.21. The Hall–Kier alpha value is -2.46. The standard InChI is InChI=1S/C69H130O17P2/c1-8-11-12-13-14-15-16-17-18-19-20-24-27-36-43-50-66(71)79-56-65(86-69(74)53-46-39-31-29-33-40-47-60(4)5)59-84-88(77,78)82-55-63(70)54-81-87(75,76)83-58-64(57-80-67(72)51-44-37-32-30-35-42-49-62(7)10-3)85-68(73)52-45-38-28-25-22-21-23-26-34-41-48-61(6)9-2/h15-18,60-65,70H,8-14,19-59H2,1-7H3,(H,75,76)(H,77,78)/b16-15-,18-17-/t61?,62?,63-,64+,65+/m0/s1. The Morgan fingerprint density at radius 3 is 1.01 bits per heavy atom. The van der Waals surface area contributed by atoms with Gasteiger partial charge < -0.3 is 33.8 Å². The zero-order valence-corrected chi connectivity index (χ0v) is 58.5. The van der Waals surface area contributed by atoms with Crippen LogP contribution < -0.4 is 0 Å². The van der Waals surface area contributed by atoms with Crippen LogP contribution >= 0.6 is 15.6 Å². The van der Waals surface area contributed by atoms with E-state index in [1.54, 1.807) is 0 Å². The molecule has 0 aromatic heterocycles. The van der Waals surface area contributed by atoms with E-state index in [1.807, 2.05) is 0 Å². The van der Waals surface area contributed by atoms with Crippen molar-refractivity contribution in [3.8, 4) is 0 Å². The van der Waals surface area contributed by atoms with Crippen LogP contribution in [0.25, 0.3) is 0 Å². The van der Waals surface area contributed by atoms with Crippen molar-refractivity contribution in [3.63, 3.8) is 0 Å². The maximum atomic E-state index is 13.0. The Kier molecular flexibility index (Phi) is 57.9. The SMILES string of the molecule is CCCCCC/C=C\C=C/CCCCCCCC(=O)OC[C@H](COP(=O)(O)OC[C@@H](O)COP(=O)(O)OC[C@@H](COC(=O)CCCCCCCCC(C)CC)OC(=O)CCCCCCCCCCCCC(C)CC)OC(=O)CCCCCCCCC(C)C. The zero-order chi connectivity index (χ0) is 65.2. The molecule has 0 heterocycles. The Labute approximate surface area is 535 Å². The van der Waals surface area contributed by atoms with Crippen LogP contribution in [0.1, 0.15) is 318 Å². The maximum absolute atomic E-state index is 13.0. The van der Waals surface area contributed by atoms with Crippen molar-refractivity contribution in [1.29, 1.82) is 0 Å². The zero-order valence-electron chi connectivity index (χ0n) is 56.7. The number of hydrogen-bond donors (Lipinski definition) is 3. The van der Waals surface area contributed by atoms with Crippen molar-refractivity contribution in [2.24, 2.45) is 17.8 Å². The quantitative estimate of drug-likeness (QED) is 0.0169. The van der Waals surface area contributed by atoms with Gasteiger partial charge in [-0.2, -0.15) is 0 Å². The van der Waals surface area contributed by atoms with Crippen molar-refractivity contribution < 1.29 is 80.2 Å². The lowest BCUT2D eigenvalue weighted by molar-refractivity contribution is -0.161. The van der Waals surface area contributed by atoms with Crippen molar-refractivity contribution in [2.75, 3.05) is 39.6 Å². The number of rotatable bonds is 65. The summed E-state index contributed by atoms with van der Waals surface area (Å²) < 4.78 is 68.1. The van der Waals surface area contributed by atoms with Crippen LogP contribution in [-0.2, 0) is 65.4 Å². The van der Waals surface area contributed by atoms with Crippen molar-refractivity contribution in [2.45, 2.75) is 336 Å². The number of allylic oxidation sites excluding steroid dienone is 4. The number of ether oxygens (including phenoxy) is 4. The highest BCUT2D eigenvalue weighted by molar-refractivity contribution is 7.47. The van der Waals surface area contributed by atoms with E-state index >= 15 is 0 Å². The molecule has 19 heteroatoms. The van der Waals surface area contributed by atoms with Gasteiger partial charge in [-0.3, -0.25) is 37.3 Å². The van der Waals surface area contributed by atoms with Crippen LogP contribution in [0.2, 0.25) is 0 Å². The minimum absolute atomic E-state index is 0.0947. The van der Waals surface area contributed by atoms with E-state index in [1.165, 1.54) is 103 Å². The van der Waals surface area contributed by atoms with Gasteiger partial charge in [0, 0.05) is 25.7 Å². The summed E-state index contributed by atoms with van der Waals surface area (Å²) in [5, 5.41) is 10.6. The number of unbranched alkanes of at least 4 members (excludes halogenated alkanes) is 28. The Bertz CT molecular complexity index is 1830. The second kappa shape index (κ2) is 59.5. The Balaban J connectivity index is 5.26. The summed E-state index contributed by atoms with van der Waals surface area (Å²) in [6.07, 6.45) is 45.4. The van der Waals surface area contributed by atoms with Gasteiger partial charge in [0.15, 0.2) is 12.2 Å². The molecule has 88 heavy (non-hydrogen) atoms. The number of carbonyl (C=O) groups excluding carboxylic acids is 4. The molecule has 17 nitrogen and oxygen atoms in total. The summed E-state index contributed by atoms with van der Waals surface area (Å²) in [5.74, 6) is 0.0320. The normalized spacial score (nSPS) is 15.0. The van der Waals surface area contributed by atoms with Gasteiger partial charge in [0.05, 0.1) is 26.4 Å². The largest absolute Gasteiger partial charge is 0.472 e. The van der Waals surface area contributed by atoms with Crippen LogP contribution in [0, 0.1) is 17.8 Å². The van der Waals surface area contributed by atoms with E-state index in [9.17, 15) is 43.2 Å². The first-order valence-electron chi connectivity index (χ1n) is 35.2. The molecule has 0 aliphatic heterocycles. The van der Waals surface area contributed by atoms with Gasteiger partial charge in [-0.25, -0.2) is 9.13 Å². The van der Waals surface area contributed by atoms with Crippen LogP contribution in [0.15, 0.2) is 24.3 Å². The number of carbonyl (C=O) groups is 4. The van der Waals surface area contributed by atoms with E-state index in [4.69, 9.17) is 37.0 Å².